The van der Waals surface area contributed by atoms with Crippen molar-refractivity contribution in [3.63, 3.8) is 0 Å². The van der Waals surface area contributed by atoms with Gasteiger partial charge in [-0.3, -0.25) is 0 Å². The molecule has 0 aliphatic heterocycles. The quantitative estimate of drug-likeness (QED) is 0.514. The molecule has 0 saturated carbocycles. The van der Waals surface area contributed by atoms with E-state index in [2.05, 4.69) is 45.0 Å². The van der Waals surface area contributed by atoms with Crippen LogP contribution in [0.4, 0.5) is 10.5 Å². The van der Waals surface area contributed by atoms with Crippen LogP contribution in [-0.2, 0) is 0 Å². The summed E-state index contributed by atoms with van der Waals surface area (Å²) in [7, 11) is 0. The van der Waals surface area contributed by atoms with Crippen LogP contribution in [0.15, 0.2) is 47.2 Å². The Labute approximate surface area is 166 Å². The average molecular weight is 432 g/mol. The lowest BCUT2D eigenvalue weighted by Gasteiger charge is -2.18. The first-order valence-electron chi connectivity index (χ1n) is 8.43. The Kier molecular flexibility index (Phi) is 5.53. The molecule has 2 heterocycles. The van der Waals surface area contributed by atoms with Crippen LogP contribution in [0, 0.1) is 20.8 Å². The van der Waals surface area contributed by atoms with E-state index in [1.165, 1.54) is 10.4 Å². The number of hydrogen-bond acceptors (Lipinski definition) is 2. The molecule has 0 bridgehead atoms. The Bertz CT molecular complexity index is 931. The van der Waals surface area contributed by atoms with Crippen molar-refractivity contribution in [2.24, 2.45) is 0 Å². The van der Waals surface area contributed by atoms with E-state index in [0.29, 0.717) is 0 Å². The second-order valence-electron chi connectivity index (χ2n) is 6.38. The molecule has 3 aromatic rings. The zero-order valence-corrected chi connectivity index (χ0v) is 17.7. The second-order valence-corrected chi connectivity index (χ2v) is 8.43. The fourth-order valence-corrected chi connectivity index (χ4v) is 4.42. The van der Waals surface area contributed by atoms with Crippen LogP contribution in [0.3, 0.4) is 0 Å². The molecule has 1 unspecified atom stereocenters. The van der Waals surface area contributed by atoms with Crippen molar-refractivity contribution in [3.05, 3.63) is 68.8 Å². The number of urea groups is 1. The first kappa shape index (κ1) is 18.7. The Hall–Kier alpha value is -2.05. The highest BCUT2D eigenvalue weighted by molar-refractivity contribution is 9.10. The molecule has 0 spiro atoms. The molecule has 4 nitrogen and oxygen atoms in total. The fourth-order valence-electron chi connectivity index (χ4n) is 2.96. The summed E-state index contributed by atoms with van der Waals surface area (Å²) >= 11 is 5.22. The van der Waals surface area contributed by atoms with Gasteiger partial charge in [0, 0.05) is 33.0 Å². The molecule has 136 valence electrons. The van der Waals surface area contributed by atoms with Crippen LogP contribution in [0.1, 0.15) is 34.5 Å². The van der Waals surface area contributed by atoms with Gasteiger partial charge in [-0.1, -0.05) is 15.9 Å². The van der Waals surface area contributed by atoms with E-state index in [9.17, 15) is 4.79 Å². The molecule has 2 aromatic heterocycles. The smallest absolute Gasteiger partial charge is 0.319 e. The minimum Gasteiger partial charge on any atom is -0.331 e. The third-order valence-corrected chi connectivity index (χ3v) is 6.57. The molecule has 26 heavy (non-hydrogen) atoms. The average Bonchev–Trinajstić information content (AvgIpc) is 3.20. The number of nitrogens with one attached hydrogen (secondary N) is 2. The molecule has 3 rings (SSSR count). The van der Waals surface area contributed by atoms with Gasteiger partial charge >= 0.3 is 6.03 Å². The number of benzene rings is 1. The number of nitrogens with zero attached hydrogens (tertiary/aromatic N) is 1. The van der Waals surface area contributed by atoms with Gasteiger partial charge in [0.1, 0.15) is 5.00 Å². The summed E-state index contributed by atoms with van der Waals surface area (Å²) in [4.78, 5) is 13.7. The molecule has 2 amide bonds. The normalized spacial score (nSPS) is 12.0. The van der Waals surface area contributed by atoms with E-state index in [4.69, 9.17) is 0 Å². The molecule has 0 aliphatic rings. The maximum atomic E-state index is 12.5. The fraction of sp³-hybridized carbons (Fsp3) is 0.250. The number of aromatic nitrogens is 1. The monoisotopic (exact) mass is 431 g/mol. The van der Waals surface area contributed by atoms with Crippen molar-refractivity contribution in [1.82, 2.24) is 9.88 Å². The van der Waals surface area contributed by atoms with E-state index in [0.717, 1.165) is 26.3 Å². The molecule has 0 fully saturated rings. The van der Waals surface area contributed by atoms with Crippen LogP contribution < -0.4 is 10.6 Å². The zero-order chi connectivity index (χ0) is 18.8. The van der Waals surface area contributed by atoms with Crippen molar-refractivity contribution in [2.45, 2.75) is 33.7 Å². The van der Waals surface area contributed by atoms with Gasteiger partial charge in [0.05, 0.1) is 6.04 Å². The molecule has 0 radical (unpaired) electrons. The van der Waals surface area contributed by atoms with E-state index in [1.807, 2.05) is 56.6 Å². The second kappa shape index (κ2) is 7.68. The topological polar surface area (TPSA) is 46.1 Å². The van der Waals surface area contributed by atoms with Crippen molar-refractivity contribution in [1.29, 1.82) is 0 Å². The molecule has 6 heteroatoms. The third kappa shape index (κ3) is 3.86. The predicted octanol–water partition coefficient (Wildman–Crippen LogP) is 6.11. The van der Waals surface area contributed by atoms with Gasteiger partial charge in [0.25, 0.3) is 0 Å². The largest absolute Gasteiger partial charge is 0.331 e. The number of carbonyl (C=O) groups is 1. The first-order valence-corrected chi connectivity index (χ1v) is 10.0. The van der Waals surface area contributed by atoms with Gasteiger partial charge < -0.3 is 15.2 Å². The van der Waals surface area contributed by atoms with Gasteiger partial charge in [0.2, 0.25) is 0 Å². The lowest BCUT2D eigenvalue weighted by molar-refractivity contribution is 0.249. The number of thiophene rings is 1. The first-order chi connectivity index (χ1) is 12.4. The molecular formula is C20H22BrN3OS. The van der Waals surface area contributed by atoms with Crippen LogP contribution >= 0.6 is 27.3 Å². The Balaban J connectivity index is 1.78. The summed E-state index contributed by atoms with van der Waals surface area (Å²) in [5.74, 6) is 0. The van der Waals surface area contributed by atoms with Gasteiger partial charge in [-0.25, -0.2) is 4.79 Å². The zero-order valence-electron chi connectivity index (χ0n) is 15.3. The molecule has 0 saturated heterocycles. The highest BCUT2D eigenvalue weighted by Crippen LogP contribution is 2.35. The van der Waals surface area contributed by atoms with Crippen LogP contribution in [0.25, 0.3) is 5.00 Å². The number of anilines is 1. The lowest BCUT2D eigenvalue weighted by Crippen LogP contribution is -2.31. The summed E-state index contributed by atoms with van der Waals surface area (Å²) in [6, 6.07) is 9.47. The van der Waals surface area contributed by atoms with Crippen molar-refractivity contribution in [3.8, 4) is 5.00 Å². The van der Waals surface area contributed by atoms with Crippen LogP contribution in [-0.4, -0.2) is 10.6 Å². The summed E-state index contributed by atoms with van der Waals surface area (Å²) in [6.45, 7) is 8.25. The van der Waals surface area contributed by atoms with E-state index in [1.54, 1.807) is 11.3 Å². The number of amides is 2. The molecule has 1 aromatic carbocycles. The van der Waals surface area contributed by atoms with Crippen LogP contribution in [0.2, 0.25) is 0 Å². The number of hydrogen-bond donors (Lipinski definition) is 2. The van der Waals surface area contributed by atoms with Gasteiger partial charge in [-0.2, -0.15) is 0 Å². The molecule has 0 aliphatic carbocycles. The highest BCUT2D eigenvalue weighted by Gasteiger charge is 2.20. The minimum absolute atomic E-state index is 0.103. The summed E-state index contributed by atoms with van der Waals surface area (Å²) in [6.07, 6.45) is 4.07. The maximum absolute atomic E-state index is 12.5. The number of aryl methyl sites for hydroxylation is 2. The molecule has 1 atom stereocenters. The summed E-state index contributed by atoms with van der Waals surface area (Å²) < 4.78 is 3.13. The Morgan fingerprint density at radius 1 is 1.19 bits per heavy atom. The predicted molar refractivity (Wildman–Crippen MR) is 113 cm³/mol. The van der Waals surface area contributed by atoms with Gasteiger partial charge in [0.15, 0.2) is 0 Å². The maximum Gasteiger partial charge on any atom is 0.319 e. The summed E-state index contributed by atoms with van der Waals surface area (Å²) in [5.41, 5.74) is 4.24. The minimum atomic E-state index is -0.207. The van der Waals surface area contributed by atoms with Crippen molar-refractivity contribution < 1.29 is 4.79 Å². The van der Waals surface area contributed by atoms with E-state index >= 15 is 0 Å². The molecular weight excluding hydrogens is 410 g/mol. The molecule has 2 N–H and O–H groups in total. The Morgan fingerprint density at radius 2 is 1.88 bits per heavy atom. The van der Waals surface area contributed by atoms with Gasteiger partial charge in [-0.15, -0.1) is 11.3 Å². The number of carbonyl (C=O) groups excluding carboxylic acids is 1. The van der Waals surface area contributed by atoms with Crippen LogP contribution in [0.5, 0.6) is 0 Å². The highest BCUT2D eigenvalue weighted by atomic mass is 79.9. The summed E-state index contributed by atoms with van der Waals surface area (Å²) in [5, 5.41) is 7.13. The van der Waals surface area contributed by atoms with E-state index < -0.39 is 0 Å². The van der Waals surface area contributed by atoms with Gasteiger partial charge in [-0.05, 0) is 69.2 Å². The van der Waals surface area contributed by atoms with E-state index in [-0.39, 0.29) is 12.1 Å². The van der Waals surface area contributed by atoms with Crippen molar-refractivity contribution >= 4 is 39.0 Å². The number of halogens is 1. The third-order valence-electron chi connectivity index (χ3n) is 4.45. The lowest BCUT2D eigenvalue weighted by atomic mass is 10.1. The SMILES string of the molecule is Cc1cc(NC(=O)NC(C)c2c(-n3cccc3)sc(C)c2C)ccc1Br. The standard InChI is InChI=1S/C20H22BrN3OS/c1-12-11-16(7-8-17(12)21)23-20(25)22-14(3)18-13(2)15(4)26-19(18)24-9-5-6-10-24/h5-11,14H,1-4H3,(H2,22,23,25). The van der Waals surface area contributed by atoms with Crippen molar-refractivity contribution in [2.75, 3.05) is 5.32 Å². The Morgan fingerprint density at radius 3 is 2.54 bits per heavy atom. The number of rotatable bonds is 4.